The van der Waals surface area contributed by atoms with E-state index in [0.29, 0.717) is 22.9 Å². The zero-order valence-corrected chi connectivity index (χ0v) is 21.0. The summed E-state index contributed by atoms with van der Waals surface area (Å²) < 4.78 is 11.1. The molecule has 0 aliphatic heterocycles. The molecule has 3 aromatic carbocycles. The van der Waals surface area contributed by atoms with E-state index in [1.807, 2.05) is 68.4 Å². The fraction of sp³-hybridized carbons (Fsp3) is 0.286. The van der Waals surface area contributed by atoms with E-state index in [2.05, 4.69) is 5.32 Å². The van der Waals surface area contributed by atoms with Crippen molar-refractivity contribution in [1.82, 2.24) is 10.2 Å². The minimum Gasteiger partial charge on any atom is -0.497 e. The molecule has 3 aromatic rings. The Hall–Kier alpha value is -3.51. The topological polar surface area (TPSA) is 67.9 Å². The third-order valence-corrected chi connectivity index (χ3v) is 5.58. The molecule has 6 nitrogen and oxygen atoms in total. The maximum absolute atomic E-state index is 13.5. The standard InChI is InChI=1S/C28H31ClN2O4/c1-20(2)30-28(33)26(16-21-9-5-4-6-10-21)31(18-22-11-7-13-24(15-22)34-3)27(32)19-35-25-14-8-12-23(29)17-25/h4-15,17,20,26H,16,18-19H2,1-3H3,(H,30,33)/t26-/m0/s1. The summed E-state index contributed by atoms with van der Waals surface area (Å²) in [4.78, 5) is 28.5. The molecule has 1 atom stereocenters. The van der Waals surface area contributed by atoms with Crippen molar-refractivity contribution in [2.45, 2.75) is 38.9 Å². The highest BCUT2D eigenvalue weighted by Crippen LogP contribution is 2.20. The molecule has 0 heterocycles. The first-order chi connectivity index (χ1) is 16.9. The third-order valence-electron chi connectivity index (χ3n) is 5.35. The van der Waals surface area contributed by atoms with Crippen LogP contribution in [0.15, 0.2) is 78.9 Å². The number of halogens is 1. The minimum absolute atomic E-state index is 0.0720. The van der Waals surface area contributed by atoms with Crippen LogP contribution in [0, 0.1) is 0 Å². The molecule has 0 aromatic heterocycles. The lowest BCUT2D eigenvalue weighted by molar-refractivity contribution is -0.143. The summed E-state index contributed by atoms with van der Waals surface area (Å²) in [5.41, 5.74) is 1.80. The number of rotatable bonds is 11. The van der Waals surface area contributed by atoms with Gasteiger partial charge in [-0.15, -0.1) is 0 Å². The van der Waals surface area contributed by atoms with Gasteiger partial charge in [0.25, 0.3) is 5.91 Å². The number of carbonyl (C=O) groups excluding carboxylic acids is 2. The van der Waals surface area contributed by atoms with Gasteiger partial charge in [0.1, 0.15) is 17.5 Å². The van der Waals surface area contributed by atoms with E-state index in [1.54, 1.807) is 36.3 Å². The van der Waals surface area contributed by atoms with Crippen molar-refractivity contribution in [3.05, 3.63) is 95.0 Å². The van der Waals surface area contributed by atoms with Gasteiger partial charge in [-0.05, 0) is 55.3 Å². The first kappa shape index (κ1) is 26.1. The van der Waals surface area contributed by atoms with Crippen LogP contribution in [0.1, 0.15) is 25.0 Å². The van der Waals surface area contributed by atoms with Crippen LogP contribution in [0.5, 0.6) is 11.5 Å². The quantitative estimate of drug-likeness (QED) is 0.412. The average Bonchev–Trinajstić information content (AvgIpc) is 2.85. The van der Waals surface area contributed by atoms with Gasteiger partial charge in [0, 0.05) is 24.0 Å². The molecule has 184 valence electrons. The Labute approximate surface area is 211 Å². The maximum atomic E-state index is 13.5. The highest BCUT2D eigenvalue weighted by Gasteiger charge is 2.31. The Morgan fingerprint density at radius 2 is 1.60 bits per heavy atom. The molecule has 0 bridgehead atoms. The molecule has 0 saturated carbocycles. The second-order valence-corrected chi connectivity index (χ2v) is 8.92. The lowest BCUT2D eigenvalue weighted by Crippen LogP contribution is -2.52. The summed E-state index contributed by atoms with van der Waals surface area (Å²) in [6.45, 7) is 3.78. The van der Waals surface area contributed by atoms with Gasteiger partial charge in [-0.2, -0.15) is 0 Å². The number of nitrogens with zero attached hydrogens (tertiary/aromatic N) is 1. The molecule has 1 N–H and O–H groups in total. The minimum atomic E-state index is -0.735. The SMILES string of the molecule is COc1cccc(CN(C(=O)COc2cccc(Cl)c2)[C@@H](Cc2ccccc2)C(=O)NC(C)C)c1. The predicted octanol–water partition coefficient (Wildman–Crippen LogP) is 4.89. The molecule has 0 unspecified atom stereocenters. The van der Waals surface area contributed by atoms with E-state index < -0.39 is 6.04 Å². The summed E-state index contributed by atoms with van der Waals surface area (Å²) in [5, 5.41) is 3.49. The molecule has 7 heteroatoms. The Balaban J connectivity index is 1.92. The summed E-state index contributed by atoms with van der Waals surface area (Å²) in [6.07, 6.45) is 0.367. The number of nitrogens with one attached hydrogen (secondary N) is 1. The van der Waals surface area contributed by atoms with Crippen LogP contribution < -0.4 is 14.8 Å². The highest BCUT2D eigenvalue weighted by atomic mass is 35.5. The lowest BCUT2D eigenvalue weighted by Gasteiger charge is -2.32. The van der Waals surface area contributed by atoms with E-state index in [1.165, 1.54) is 0 Å². The van der Waals surface area contributed by atoms with E-state index in [4.69, 9.17) is 21.1 Å². The van der Waals surface area contributed by atoms with Crippen molar-refractivity contribution in [3.8, 4) is 11.5 Å². The molecule has 2 amide bonds. The molecule has 35 heavy (non-hydrogen) atoms. The summed E-state index contributed by atoms with van der Waals surface area (Å²) in [6, 6.07) is 23.2. The van der Waals surface area contributed by atoms with Crippen LogP contribution in [-0.2, 0) is 22.6 Å². The van der Waals surface area contributed by atoms with Crippen molar-refractivity contribution < 1.29 is 19.1 Å². The van der Waals surface area contributed by atoms with Crippen molar-refractivity contribution >= 4 is 23.4 Å². The van der Waals surface area contributed by atoms with Crippen molar-refractivity contribution in [1.29, 1.82) is 0 Å². The second-order valence-electron chi connectivity index (χ2n) is 8.49. The van der Waals surface area contributed by atoms with E-state index >= 15 is 0 Å². The smallest absolute Gasteiger partial charge is 0.261 e. The Morgan fingerprint density at radius 1 is 0.914 bits per heavy atom. The first-order valence-electron chi connectivity index (χ1n) is 11.5. The van der Waals surface area contributed by atoms with Gasteiger partial charge in [0.2, 0.25) is 5.91 Å². The van der Waals surface area contributed by atoms with Crippen molar-refractivity contribution in [3.63, 3.8) is 0 Å². The molecular weight excluding hydrogens is 464 g/mol. The molecule has 0 fully saturated rings. The summed E-state index contributed by atoms with van der Waals surface area (Å²) in [7, 11) is 1.59. The zero-order chi connectivity index (χ0) is 25.2. The van der Waals surface area contributed by atoms with Gasteiger partial charge in [0.05, 0.1) is 7.11 Å². The van der Waals surface area contributed by atoms with Crippen molar-refractivity contribution in [2.75, 3.05) is 13.7 Å². The van der Waals surface area contributed by atoms with Gasteiger partial charge in [-0.1, -0.05) is 60.1 Å². The van der Waals surface area contributed by atoms with E-state index in [0.717, 1.165) is 11.1 Å². The predicted molar refractivity (Wildman–Crippen MR) is 138 cm³/mol. The monoisotopic (exact) mass is 494 g/mol. The van der Waals surface area contributed by atoms with Gasteiger partial charge in [-0.3, -0.25) is 9.59 Å². The normalized spacial score (nSPS) is 11.6. The number of hydrogen-bond acceptors (Lipinski definition) is 4. The molecule has 0 aliphatic rings. The Bertz CT molecular complexity index is 1120. The first-order valence-corrected chi connectivity index (χ1v) is 11.9. The molecule has 0 spiro atoms. The summed E-state index contributed by atoms with van der Waals surface area (Å²) >= 11 is 6.05. The van der Waals surface area contributed by atoms with Gasteiger partial charge >= 0.3 is 0 Å². The fourth-order valence-electron chi connectivity index (χ4n) is 3.69. The molecule has 0 aliphatic carbocycles. The Morgan fingerprint density at radius 3 is 2.29 bits per heavy atom. The maximum Gasteiger partial charge on any atom is 0.261 e. The van der Waals surface area contributed by atoms with E-state index in [9.17, 15) is 9.59 Å². The largest absolute Gasteiger partial charge is 0.497 e. The second kappa shape index (κ2) is 12.8. The molecule has 0 radical (unpaired) electrons. The van der Waals surface area contributed by atoms with Gasteiger partial charge in [-0.25, -0.2) is 0 Å². The number of ether oxygens (including phenoxy) is 2. The average molecular weight is 495 g/mol. The van der Waals surface area contributed by atoms with Crippen LogP contribution in [-0.4, -0.2) is 42.5 Å². The molecular formula is C28H31ClN2O4. The number of carbonyl (C=O) groups is 2. The van der Waals surface area contributed by atoms with Crippen LogP contribution in [0.25, 0.3) is 0 Å². The van der Waals surface area contributed by atoms with Crippen molar-refractivity contribution in [2.24, 2.45) is 0 Å². The molecule has 0 saturated heterocycles. The molecule has 3 rings (SSSR count). The fourth-order valence-corrected chi connectivity index (χ4v) is 3.87. The number of methoxy groups -OCH3 is 1. The van der Waals surface area contributed by atoms with Crippen LogP contribution >= 0.6 is 11.6 Å². The number of amides is 2. The van der Waals surface area contributed by atoms with Gasteiger partial charge in [0.15, 0.2) is 6.61 Å². The third kappa shape index (κ3) is 8.04. The lowest BCUT2D eigenvalue weighted by atomic mass is 10.0. The van der Waals surface area contributed by atoms with Crippen LogP contribution in [0.3, 0.4) is 0 Å². The number of benzene rings is 3. The van der Waals surface area contributed by atoms with Crippen LogP contribution in [0.4, 0.5) is 0 Å². The number of hydrogen-bond donors (Lipinski definition) is 1. The highest BCUT2D eigenvalue weighted by molar-refractivity contribution is 6.30. The van der Waals surface area contributed by atoms with Crippen LogP contribution in [0.2, 0.25) is 5.02 Å². The van der Waals surface area contributed by atoms with Gasteiger partial charge < -0.3 is 19.7 Å². The summed E-state index contributed by atoms with van der Waals surface area (Å²) in [5.74, 6) is 0.630. The zero-order valence-electron chi connectivity index (χ0n) is 20.2. The van der Waals surface area contributed by atoms with E-state index in [-0.39, 0.29) is 31.0 Å². The Kier molecular flexibility index (Phi) is 9.56.